The molecule has 0 saturated heterocycles. The summed E-state index contributed by atoms with van der Waals surface area (Å²) >= 11 is 6.70. The summed E-state index contributed by atoms with van der Waals surface area (Å²) in [6.07, 6.45) is 1.57. The van der Waals surface area contributed by atoms with Crippen LogP contribution in [0.2, 0.25) is 0 Å². The van der Waals surface area contributed by atoms with Crippen molar-refractivity contribution in [1.82, 2.24) is 4.98 Å². The van der Waals surface area contributed by atoms with Crippen LogP contribution in [-0.2, 0) is 6.61 Å². The van der Waals surface area contributed by atoms with Crippen molar-refractivity contribution in [2.75, 3.05) is 0 Å². The molecular formula is C13H8Br2N2O. The van der Waals surface area contributed by atoms with Gasteiger partial charge in [-0.05, 0) is 39.7 Å². The van der Waals surface area contributed by atoms with Crippen LogP contribution in [0.3, 0.4) is 0 Å². The minimum atomic E-state index is 0.285. The molecule has 0 unspecified atom stereocenters. The molecule has 1 aromatic heterocycles. The van der Waals surface area contributed by atoms with Crippen LogP contribution in [-0.4, -0.2) is 4.98 Å². The highest BCUT2D eigenvalue weighted by atomic mass is 79.9. The zero-order valence-corrected chi connectivity index (χ0v) is 12.4. The lowest BCUT2D eigenvalue weighted by atomic mass is 10.2. The van der Waals surface area contributed by atoms with Crippen LogP contribution in [0.4, 0.5) is 0 Å². The first-order chi connectivity index (χ1) is 8.69. The fraction of sp³-hybridized carbons (Fsp3) is 0.0769. The minimum Gasteiger partial charge on any atom is -0.486 e. The molecule has 0 radical (unpaired) electrons. The smallest absolute Gasteiger partial charge is 0.182 e. The van der Waals surface area contributed by atoms with Crippen molar-refractivity contribution in [3.8, 4) is 11.8 Å². The lowest BCUT2D eigenvalue weighted by Crippen LogP contribution is -1.98. The lowest BCUT2D eigenvalue weighted by molar-refractivity contribution is 0.303. The van der Waals surface area contributed by atoms with E-state index in [0.29, 0.717) is 12.4 Å². The quantitative estimate of drug-likeness (QED) is 0.821. The number of pyridine rings is 1. The lowest BCUT2D eigenvalue weighted by Gasteiger charge is -2.08. The van der Waals surface area contributed by atoms with Crippen LogP contribution < -0.4 is 4.74 Å². The van der Waals surface area contributed by atoms with E-state index in [2.05, 4.69) is 36.8 Å². The maximum atomic E-state index is 8.94. The minimum absolute atomic E-state index is 0.285. The molecule has 0 aliphatic carbocycles. The Morgan fingerprint density at radius 1 is 1.22 bits per heavy atom. The maximum absolute atomic E-state index is 8.94. The molecule has 2 rings (SSSR count). The molecule has 1 aromatic carbocycles. The summed E-state index contributed by atoms with van der Waals surface area (Å²) in [5.41, 5.74) is 1.31. The van der Waals surface area contributed by atoms with Crippen molar-refractivity contribution < 1.29 is 4.74 Å². The molecule has 3 nitrogen and oxygen atoms in total. The largest absolute Gasteiger partial charge is 0.486 e. The van der Waals surface area contributed by atoms with E-state index in [4.69, 9.17) is 10.00 Å². The Balaban J connectivity index is 2.15. The average Bonchev–Trinajstić information content (AvgIpc) is 2.37. The third kappa shape index (κ3) is 3.31. The van der Waals surface area contributed by atoms with Gasteiger partial charge in [-0.3, -0.25) is 0 Å². The number of ether oxygens (including phenoxy) is 1. The molecule has 5 heteroatoms. The standard InChI is InChI=1S/C13H8Br2N2O/c14-10-3-1-2-9(4-10)8-18-13-5-11(15)7-17-12(13)6-16/h1-5,7H,8H2. The van der Waals surface area contributed by atoms with Crippen molar-refractivity contribution in [3.05, 3.63) is 56.7 Å². The van der Waals surface area contributed by atoms with E-state index in [1.165, 1.54) is 0 Å². The Morgan fingerprint density at radius 2 is 2.06 bits per heavy atom. The summed E-state index contributed by atoms with van der Waals surface area (Å²) < 4.78 is 7.39. The zero-order valence-electron chi connectivity index (χ0n) is 9.23. The summed E-state index contributed by atoms with van der Waals surface area (Å²) in [6.45, 7) is 0.395. The molecular weight excluding hydrogens is 360 g/mol. The normalized spacial score (nSPS) is 9.83. The monoisotopic (exact) mass is 366 g/mol. The van der Waals surface area contributed by atoms with E-state index in [0.717, 1.165) is 14.5 Å². The Kier molecular flexibility index (Phi) is 4.34. The van der Waals surface area contributed by atoms with E-state index < -0.39 is 0 Å². The Labute approximate surface area is 122 Å². The second kappa shape index (κ2) is 5.98. The van der Waals surface area contributed by atoms with Crippen molar-refractivity contribution >= 4 is 31.9 Å². The van der Waals surface area contributed by atoms with Crippen molar-refractivity contribution in [1.29, 1.82) is 5.26 Å². The van der Waals surface area contributed by atoms with Gasteiger partial charge in [-0.25, -0.2) is 4.98 Å². The predicted molar refractivity (Wildman–Crippen MR) is 75.1 cm³/mol. The maximum Gasteiger partial charge on any atom is 0.182 e. The third-order valence-corrected chi connectivity index (χ3v) is 3.14. The second-order valence-corrected chi connectivity index (χ2v) is 5.36. The van der Waals surface area contributed by atoms with Crippen molar-refractivity contribution in [3.63, 3.8) is 0 Å². The van der Waals surface area contributed by atoms with E-state index in [-0.39, 0.29) is 5.69 Å². The first-order valence-corrected chi connectivity index (χ1v) is 6.70. The van der Waals surface area contributed by atoms with Crippen LogP contribution in [0.5, 0.6) is 5.75 Å². The second-order valence-electron chi connectivity index (χ2n) is 3.53. The van der Waals surface area contributed by atoms with Gasteiger partial charge >= 0.3 is 0 Å². The molecule has 0 aliphatic rings. The topological polar surface area (TPSA) is 45.9 Å². The van der Waals surface area contributed by atoms with Gasteiger partial charge in [0.25, 0.3) is 0 Å². The number of halogens is 2. The Bertz CT molecular complexity index is 608. The summed E-state index contributed by atoms with van der Waals surface area (Å²) in [7, 11) is 0. The highest BCUT2D eigenvalue weighted by molar-refractivity contribution is 9.10. The molecule has 0 fully saturated rings. The fourth-order valence-electron chi connectivity index (χ4n) is 1.40. The van der Waals surface area contributed by atoms with E-state index >= 15 is 0 Å². The molecule has 0 N–H and O–H groups in total. The van der Waals surface area contributed by atoms with Crippen LogP contribution in [0.25, 0.3) is 0 Å². The summed E-state index contributed by atoms with van der Waals surface area (Å²) in [4.78, 5) is 3.98. The van der Waals surface area contributed by atoms with Gasteiger partial charge in [-0.15, -0.1) is 0 Å². The molecule has 0 amide bonds. The highest BCUT2D eigenvalue weighted by Crippen LogP contribution is 2.22. The molecule has 0 bridgehead atoms. The zero-order chi connectivity index (χ0) is 13.0. The molecule has 90 valence electrons. The summed E-state index contributed by atoms with van der Waals surface area (Å²) in [5, 5.41) is 8.94. The van der Waals surface area contributed by atoms with Gasteiger partial charge < -0.3 is 4.74 Å². The van der Waals surface area contributed by atoms with Gasteiger partial charge in [-0.2, -0.15) is 5.26 Å². The molecule has 1 heterocycles. The van der Waals surface area contributed by atoms with Crippen LogP contribution >= 0.6 is 31.9 Å². The number of benzene rings is 1. The number of hydrogen-bond acceptors (Lipinski definition) is 3. The highest BCUT2D eigenvalue weighted by Gasteiger charge is 2.06. The number of nitriles is 1. The third-order valence-electron chi connectivity index (χ3n) is 2.21. The molecule has 2 aromatic rings. The average molecular weight is 368 g/mol. The molecule has 0 spiro atoms. The molecule has 0 atom stereocenters. The van der Waals surface area contributed by atoms with Crippen LogP contribution in [0.15, 0.2) is 45.5 Å². The van der Waals surface area contributed by atoms with Crippen LogP contribution in [0, 0.1) is 11.3 Å². The van der Waals surface area contributed by atoms with E-state index in [9.17, 15) is 0 Å². The SMILES string of the molecule is N#Cc1ncc(Br)cc1OCc1cccc(Br)c1. The van der Waals surface area contributed by atoms with Gasteiger partial charge in [0.15, 0.2) is 11.4 Å². The first-order valence-electron chi connectivity index (χ1n) is 5.12. The van der Waals surface area contributed by atoms with Crippen LogP contribution in [0.1, 0.15) is 11.3 Å². The Hall–Kier alpha value is -1.38. The van der Waals surface area contributed by atoms with E-state index in [1.54, 1.807) is 12.3 Å². The van der Waals surface area contributed by atoms with Crippen molar-refractivity contribution in [2.45, 2.75) is 6.61 Å². The number of rotatable bonds is 3. The first kappa shape index (κ1) is 13.1. The number of aromatic nitrogens is 1. The Morgan fingerprint density at radius 3 is 2.78 bits per heavy atom. The van der Waals surface area contributed by atoms with Gasteiger partial charge in [0.2, 0.25) is 0 Å². The summed E-state index contributed by atoms with van der Waals surface area (Å²) in [5.74, 6) is 0.479. The molecule has 0 aliphatic heterocycles. The fourth-order valence-corrected chi connectivity index (χ4v) is 2.16. The van der Waals surface area contributed by atoms with Gasteiger partial charge in [0.05, 0.1) is 0 Å². The van der Waals surface area contributed by atoms with Gasteiger partial charge in [-0.1, -0.05) is 28.1 Å². The van der Waals surface area contributed by atoms with E-state index in [1.807, 2.05) is 30.3 Å². The van der Waals surface area contributed by atoms with Gasteiger partial charge in [0.1, 0.15) is 12.7 Å². The summed E-state index contributed by atoms with van der Waals surface area (Å²) in [6, 6.07) is 11.6. The molecule has 0 saturated carbocycles. The van der Waals surface area contributed by atoms with Gasteiger partial charge in [0, 0.05) is 15.1 Å². The number of hydrogen-bond donors (Lipinski definition) is 0. The van der Waals surface area contributed by atoms with Crippen molar-refractivity contribution in [2.24, 2.45) is 0 Å². The molecule has 18 heavy (non-hydrogen) atoms. The number of nitrogens with zero attached hydrogens (tertiary/aromatic N) is 2. The predicted octanol–water partition coefficient (Wildman–Crippen LogP) is 4.06.